The molecule has 1 unspecified atom stereocenters. The largest absolute Gasteiger partial charge is 0.493 e. The molecule has 3 aromatic rings. The first-order chi connectivity index (χ1) is 18.1. The van der Waals surface area contributed by atoms with Crippen molar-refractivity contribution in [2.75, 3.05) is 37.0 Å². The van der Waals surface area contributed by atoms with Crippen LogP contribution in [0.25, 0.3) is 17.0 Å². The summed E-state index contributed by atoms with van der Waals surface area (Å²) in [7, 11) is 1.50. The Morgan fingerprint density at radius 3 is 2.71 bits per heavy atom. The Kier molecular flexibility index (Phi) is 6.76. The number of carbonyl (C=O) groups excluding carboxylic acids is 2. The summed E-state index contributed by atoms with van der Waals surface area (Å²) in [4.78, 5) is 41.0. The van der Waals surface area contributed by atoms with E-state index in [1.165, 1.54) is 17.8 Å². The highest BCUT2D eigenvalue weighted by atomic mass is 19.1. The van der Waals surface area contributed by atoms with Gasteiger partial charge in [-0.1, -0.05) is 0 Å². The highest BCUT2D eigenvalue weighted by molar-refractivity contribution is 5.95. The maximum absolute atomic E-state index is 15.0. The van der Waals surface area contributed by atoms with Gasteiger partial charge in [-0.2, -0.15) is 0 Å². The SMILES string of the molecule is COc1cc2ncc(-c3nc(NC4CCCN(C(=O)OC(C)(C)C)C4)ncc3F)n2nc1N1CCCC1=O. The summed E-state index contributed by atoms with van der Waals surface area (Å²) in [6.45, 7) is 7.02. The lowest BCUT2D eigenvalue weighted by molar-refractivity contribution is -0.117. The van der Waals surface area contributed by atoms with Gasteiger partial charge in [-0.3, -0.25) is 9.69 Å². The number of rotatable bonds is 5. The number of hydrogen-bond acceptors (Lipinski definition) is 9. The van der Waals surface area contributed by atoms with Crippen molar-refractivity contribution in [2.24, 2.45) is 0 Å². The molecule has 5 heterocycles. The number of hydrogen-bond donors (Lipinski definition) is 1. The monoisotopic (exact) mass is 526 g/mol. The van der Waals surface area contributed by atoms with Gasteiger partial charge in [0.15, 0.2) is 23.0 Å². The van der Waals surface area contributed by atoms with Gasteiger partial charge in [0.1, 0.15) is 17.0 Å². The van der Waals surface area contributed by atoms with E-state index < -0.39 is 11.4 Å². The van der Waals surface area contributed by atoms with E-state index in [9.17, 15) is 14.0 Å². The van der Waals surface area contributed by atoms with E-state index in [1.807, 2.05) is 20.8 Å². The molecule has 2 fully saturated rings. The number of ether oxygens (including phenoxy) is 2. The Labute approximate surface area is 219 Å². The summed E-state index contributed by atoms with van der Waals surface area (Å²) in [5.41, 5.74) is 0.143. The third kappa shape index (κ3) is 5.18. The van der Waals surface area contributed by atoms with Crippen LogP contribution >= 0.6 is 0 Å². The average molecular weight is 527 g/mol. The zero-order chi connectivity index (χ0) is 27.0. The fraction of sp³-hybridized carbons (Fsp3) is 0.520. The first-order valence-electron chi connectivity index (χ1n) is 12.6. The molecule has 0 bridgehead atoms. The Morgan fingerprint density at radius 2 is 2.00 bits per heavy atom. The fourth-order valence-corrected chi connectivity index (χ4v) is 4.65. The van der Waals surface area contributed by atoms with Crippen molar-refractivity contribution in [1.29, 1.82) is 0 Å². The second kappa shape index (κ2) is 10.0. The third-order valence-corrected chi connectivity index (χ3v) is 6.38. The molecule has 5 rings (SSSR count). The number of amides is 2. The van der Waals surface area contributed by atoms with Gasteiger partial charge in [0.25, 0.3) is 0 Å². The molecule has 3 aromatic heterocycles. The second-order valence-corrected chi connectivity index (χ2v) is 10.4. The molecule has 0 radical (unpaired) electrons. The molecule has 12 nitrogen and oxygen atoms in total. The van der Waals surface area contributed by atoms with Gasteiger partial charge in [0.2, 0.25) is 11.9 Å². The number of nitrogens with one attached hydrogen (secondary N) is 1. The van der Waals surface area contributed by atoms with Crippen LogP contribution in [0.5, 0.6) is 5.75 Å². The van der Waals surface area contributed by atoms with E-state index in [0.29, 0.717) is 49.0 Å². The molecule has 2 aliphatic rings. The van der Waals surface area contributed by atoms with Gasteiger partial charge in [-0.15, -0.1) is 5.10 Å². The van der Waals surface area contributed by atoms with Crippen LogP contribution in [0.15, 0.2) is 18.5 Å². The zero-order valence-electron chi connectivity index (χ0n) is 21.9. The lowest BCUT2D eigenvalue weighted by atomic mass is 10.1. The highest BCUT2D eigenvalue weighted by Gasteiger charge is 2.29. The smallest absolute Gasteiger partial charge is 0.410 e. The molecule has 202 valence electrons. The van der Waals surface area contributed by atoms with E-state index in [4.69, 9.17) is 9.47 Å². The second-order valence-electron chi connectivity index (χ2n) is 10.4. The van der Waals surface area contributed by atoms with E-state index in [1.54, 1.807) is 15.9 Å². The van der Waals surface area contributed by atoms with Crippen LogP contribution in [0.1, 0.15) is 46.5 Å². The van der Waals surface area contributed by atoms with Crippen molar-refractivity contribution < 1.29 is 23.5 Å². The van der Waals surface area contributed by atoms with E-state index in [-0.39, 0.29) is 29.7 Å². The van der Waals surface area contributed by atoms with Gasteiger partial charge >= 0.3 is 6.09 Å². The molecule has 2 aliphatic heterocycles. The van der Waals surface area contributed by atoms with Crippen molar-refractivity contribution in [1.82, 2.24) is 29.5 Å². The molecule has 13 heteroatoms. The van der Waals surface area contributed by atoms with Crippen LogP contribution in [-0.2, 0) is 9.53 Å². The topological polar surface area (TPSA) is 127 Å². The molecule has 2 amide bonds. The number of nitrogens with zero attached hydrogens (tertiary/aromatic N) is 7. The molecular formula is C25H31FN8O4. The number of carbonyl (C=O) groups is 2. The third-order valence-electron chi connectivity index (χ3n) is 6.38. The summed E-state index contributed by atoms with van der Waals surface area (Å²) >= 11 is 0. The van der Waals surface area contributed by atoms with Gasteiger partial charge in [-0.25, -0.2) is 28.7 Å². The molecule has 0 aliphatic carbocycles. The summed E-state index contributed by atoms with van der Waals surface area (Å²) < 4.78 is 27.4. The van der Waals surface area contributed by atoms with Gasteiger partial charge in [0.05, 0.1) is 19.5 Å². The van der Waals surface area contributed by atoms with Crippen LogP contribution < -0.4 is 15.0 Å². The number of halogens is 1. The van der Waals surface area contributed by atoms with Crippen LogP contribution in [0, 0.1) is 5.82 Å². The van der Waals surface area contributed by atoms with E-state index >= 15 is 0 Å². The Morgan fingerprint density at radius 1 is 1.18 bits per heavy atom. The lowest BCUT2D eigenvalue weighted by Crippen LogP contribution is -2.47. The average Bonchev–Trinajstić information content (AvgIpc) is 3.49. The molecule has 38 heavy (non-hydrogen) atoms. The van der Waals surface area contributed by atoms with Crippen LogP contribution in [0.2, 0.25) is 0 Å². The number of fused-ring (bicyclic) bond motifs is 1. The van der Waals surface area contributed by atoms with Crippen molar-refractivity contribution in [2.45, 2.75) is 58.1 Å². The molecule has 1 N–H and O–H groups in total. The minimum Gasteiger partial charge on any atom is -0.493 e. The van der Waals surface area contributed by atoms with Crippen LogP contribution in [-0.4, -0.2) is 79.9 Å². The van der Waals surface area contributed by atoms with Gasteiger partial charge in [-0.05, 0) is 40.0 Å². The molecule has 0 spiro atoms. The van der Waals surface area contributed by atoms with E-state index in [0.717, 1.165) is 25.5 Å². The van der Waals surface area contributed by atoms with Crippen LogP contribution in [0.3, 0.4) is 0 Å². The molecule has 0 saturated carbocycles. The summed E-state index contributed by atoms with van der Waals surface area (Å²) in [5, 5.41) is 7.81. The van der Waals surface area contributed by atoms with Crippen molar-refractivity contribution >= 4 is 29.4 Å². The molecule has 1 atom stereocenters. The minimum absolute atomic E-state index is 0.00572. The number of anilines is 2. The van der Waals surface area contributed by atoms with Crippen molar-refractivity contribution in [3.63, 3.8) is 0 Å². The lowest BCUT2D eigenvalue weighted by Gasteiger charge is -2.34. The predicted octanol–water partition coefficient (Wildman–Crippen LogP) is 3.27. The van der Waals surface area contributed by atoms with Crippen molar-refractivity contribution in [3.05, 3.63) is 24.3 Å². The number of aromatic nitrogens is 5. The Hall–Kier alpha value is -4.03. The minimum atomic E-state index is -0.646. The van der Waals surface area contributed by atoms with Gasteiger partial charge < -0.3 is 19.7 Å². The predicted molar refractivity (Wildman–Crippen MR) is 137 cm³/mol. The van der Waals surface area contributed by atoms with Gasteiger partial charge in [0, 0.05) is 38.2 Å². The Bertz CT molecular complexity index is 1370. The first kappa shape index (κ1) is 25.6. The summed E-state index contributed by atoms with van der Waals surface area (Å²) in [5.74, 6) is 0.273. The number of methoxy groups -OCH3 is 1. The Balaban J connectivity index is 1.41. The maximum Gasteiger partial charge on any atom is 0.410 e. The fourth-order valence-electron chi connectivity index (χ4n) is 4.65. The summed E-state index contributed by atoms with van der Waals surface area (Å²) in [6, 6.07) is 1.52. The molecule has 0 aromatic carbocycles. The number of likely N-dealkylation sites (tertiary alicyclic amines) is 1. The molecule has 2 saturated heterocycles. The number of piperidine rings is 1. The quantitative estimate of drug-likeness (QED) is 0.533. The van der Waals surface area contributed by atoms with Crippen molar-refractivity contribution in [3.8, 4) is 17.1 Å². The highest BCUT2D eigenvalue weighted by Crippen LogP contribution is 2.32. The first-order valence-corrected chi connectivity index (χ1v) is 12.6. The summed E-state index contributed by atoms with van der Waals surface area (Å²) in [6.07, 6.45) is 4.91. The molecular weight excluding hydrogens is 495 g/mol. The standard InChI is InChI=1S/C25H31FN8O4/c1-25(2,3)38-24(36)32-9-5-7-15(14-32)29-23-28-12-16(26)21(30-23)17-13-27-19-11-18(37-4)22(31-34(17)19)33-10-6-8-20(33)35/h11-13,15H,5-10,14H2,1-4H3,(H,28,29,30). The zero-order valence-corrected chi connectivity index (χ0v) is 21.9. The van der Waals surface area contributed by atoms with E-state index in [2.05, 4.69) is 25.4 Å². The normalized spacial score (nSPS) is 18.2. The number of imidazole rings is 1. The maximum atomic E-state index is 15.0. The van der Waals surface area contributed by atoms with Crippen LogP contribution in [0.4, 0.5) is 21.0 Å².